The lowest BCUT2D eigenvalue weighted by Gasteiger charge is -2.26. The maximum absolute atomic E-state index is 13.3. The van der Waals surface area contributed by atoms with E-state index < -0.39 is 35.3 Å². The summed E-state index contributed by atoms with van der Waals surface area (Å²) < 4.78 is 5.76. The summed E-state index contributed by atoms with van der Waals surface area (Å²) >= 11 is 1.38. The summed E-state index contributed by atoms with van der Waals surface area (Å²) in [4.78, 5) is 62.3. The van der Waals surface area contributed by atoms with Gasteiger partial charge in [0, 0.05) is 35.3 Å². The second-order valence-electron chi connectivity index (χ2n) is 11.2. The number of carbonyl (C=O) groups is 4. The Kier molecular flexibility index (Phi) is 10.1. The number of benzene rings is 1. The predicted octanol–water partition coefficient (Wildman–Crippen LogP) is 4.79. The zero-order chi connectivity index (χ0) is 30.3. The number of thiazole rings is 1. The van der Waals surface area contributed by atoms with Crippen LogP contribution in [0.1, 0.15) is 69.1 Å². The van der Waals surface area contributed by atoms with E-state index in [-0.39, 0.29) is 18.5 Å². The van der Waals surface area contributed by atoms with Gasteiger partial charge in [-0.15, -0.1) is 11.3 Å². The van der Waals surface area contributed by atoms with Crippen molar-refractivity contribution in [3.05, 3.63) is 71.5 Å². The van der Waals surface area contributed by atoms with Gasteiger partial charge in [0.15, 0.2) is 0 Å². The summed E-state index contributed by atoms with van der Waals surface area (Å²) in [6.07, 6.45) is 3.67. The van der Waals surface area contributed by atoms with E-state index in [1.165, 1.54) is 11.3 Å². The molecule has 3 heterocycles. The number of hydrogen-bond acceptors (Lipinski definition) is 8. The Labute approximate surface area is 249 Å². The maximum atomic E-state index is 13.3. The van der Waals surface area contributed by atoms with Crippen LogP contribution in [0.25, 0.3) is 10.6 Å². The van der Waals surface area contributed by atoms with E-state index in [1.807, 2.05) is 63.2 Å². The Bertz CT molecular complexity index is 1390. The van der Waals surface area contributed by atoms with Crippen molar-refractivity contribution in [2.45, 2.75) is 65.1 Å². The average Bonchev–Trinajstić information content (AvgIpc) is 3.60. The lowest BCUT2D eigenvalue weighted by Crippen LogP contribution is -2.49. The number of nitrogens with one attached hydrogen (secondary N) is 2. The van der Waals surface area contributed by atoms with Gasteiger partial charge < -0.3 is 20.3 Å². The normalized spacial score (nSPS) is 17.2. The molecular weight excluding hydrogens is 554 g/mol. The first-order valence-electron chi connectivity index (χ1n) is 14.1. The van der Waals surface area contributed by atoms with Gasteiger partial charge in [-0.05, 0) is 31.0 Å². The van der Waals surface area contributed by atoms with Gasteiger partial charge in [0.25, 0.3) is 11.8 Å². The summed E-state index contributed by atoms with van der Waals surface area (Å²) in [7, 11) is 0. The first-order valence-corrected chi connectivity index (χ1v) is 15.0. The SMILES string of the molecule is CCCC[C@H](NC(=O)O[C@H]1CN(C(=O)c2csc(-c3ccncc3)n2)CC1(C)C)C(=O)C(=O)N[C@H](C)c1ccccc1. The van der Waals surface area contributed by atoms with Gasteiger partial charge in [-0.3, -0.25) is 19.4 Å². The molecule has 1 aliphatic rings. The zero-order valence-electron chi connectivity index (χ0n) is 24.3. The van der Waals surface area contributed by atoms with Gasteiger partial charge in [-0.1, -0.05) is 63.9 Å². The monoisotopic (exact) mass is 591 g/mol. The second kappa shape index (κ2) is 13.7. The van der Waals surface area contributed by atoms with Gasteiger partial charge in [-0.25, -0.2) is 9.78 Å². The van der Waals surface area contributed by atoms with Crippen LogP contribution in [0.3, 0.4) is 0 Å². The Balaban J connectivity index is 1.37. The van der Waals surface area contributed by atoms with Gasteiger partial charge in [0.1, 0.15) is 22.8 Å². The number of aromatic nitrogens is 2. The van der Waals surface area contributed by atoms with Crippen molar-refractivity contribution in [2.75, 3.05) is 13.1 Å². The van der Waals surface area contributed by atoms with Gasteiger partial charge in [0.2, 0.25) is 5.78 Å². The van der Waals surface area contributed by atoms with Crippen LogP contribution >= 0.6 is 11.3 Å². The van der Waals surface area contributed by atoms with Gasteiger partial charge in [0.05, 0.1) is 12.6 Å². The zero-order valence-corrected chi connectivity index (χ0v) is 25.1. The van der Waals surface area contributed by atoms with E-state index >= 15 is 0 Å². The molecule has 2 aromatic heterocycles. The molecule has 4 rings (SSSR count). The molecular formula is C31H37N5O5S. The number of ether oxygens (including phenoxy) is 1. The molecule has 3 aromatic rings. The molecule has 222 valence electrons. The predicted molar refractivity (Wildman–Crippen MR) is 160 cm³/mol. The average molecular weight is 592 g/mol. The molecule has 42 heavy (non-hydrogen) atoms. The fourth-order valence-corrected chi connectivity index (χ4v) is 5.65. The summed E-state index contributed by atoms with van der Waals surface area (Å²) in [5.74, 6) is -1.73. The lowest BCUT2D eigenvalue weighted by atomic mass is 9.90. The third-order valence-corrected chi connectivity index (χ3v) is 8.26. The van der Waals surface area contributed by atoms with Crippen molar-refractivity contribution in [1.82, 2.24) is 25.5 Å². The van der Waals surface area contributed by atoms with Crippen molar-refractivity contribution < 1.29 is 23.9 Å². The smallest absolute Gasteiger partial charge is 0.408 e. The molecule has 0 aliphatic carbocycles. The van der Waals surface area contributed by atoms with E-state index in [1.54, 1.807) is 29.6 Å². The highest BCUT2D eigenvalue weighted by atomic mass is 32.1. The maximum Gasteiger partial charge on any atom is 0.408 e. The number of amides is 3. The van der Waals surface area contributed by atoms with Crippen LogP contribution in [-0.2, 0) is 14.3 Å². The van der Waals surface area contributed by atoms with E-state index in [4.69, 9.17) is 4.74 Å². The van der Waals surface area contributed by atoms with Crippen LogP contribution in [-0.4, -0.2) is 63.8 Å². The van der Waals surface area contributed by atoms with Crippen molar-refractivity contribution >= 4 is 35.0 Å². The third-order valence-electron chi connectivity index (χ3n) is 7.37. The summed E-state index contributed by atoms with van der Waals surface area (Å²) in [6.45, 7) is 8.14. The van der Waals surface area contributed by atoms with Crippen LogP contribution in [0.4, 0.5) is 4.79 Å². The molecule has 1 aliphatic heterocycles. The molecule has 0 saturated carbocycles. The van der Waals surface area contributed by atoms with Crippen LogP contribution in [0, 0.1) is 5.41 Å². The summed E-state index contributed by atoms with van der Waals surface area (Å²) in [6, 6.07) is 11.6. The topological polar surface area (TPSA) is 131 Å². The molecule has 10 nitrogen and oxygen atoms in total. The Morgan fingerprint density at radius 1 is 1.10 bits per heavy atom. The lowest BCUT2D eigenvalue weighted by molar-refractivity contribution is -0.139. The molecule has 1 fully saturated rings. The molecule has 11 heteroatoms. The van der Waals surface area contributed by atoms with Crippen molar-refractivity contribution in [3.63, 3.8) is 0 Å². The minimum Gasteiger partial charge on any atom is -0.444 e. The van der Waals surface area contributed by atoms with E-state index in [0.29, 0.717) is 25.1 Å². The number of likely N-dealkylation sites (tertiary alicyclic amines) is 1. The van der Waals surface area contributed by atoms with Crippen molar-refractivity contribution in [1.29, 1.82) is 0 Å². The molecule has 3 atom stereocenters. The number of alkyl carbamates (subject to hydrolysis) is 1. The number of unbranched alkanes of at least 4 members (excludes halogenated alkanes) is 1. The number of pyridine rings is 1. The minimum atomic E-state index is -1.02. The second-order valence-corrected chi connectivity index (χ2v) is 12.0. The first kappa shape index (κ1) is 30.8. The van der Waals surface area contributed by atoms with Crippen molar-refractivity contribution in [3.8, 4) is 10.6 Å². The molecule has 1 aromatic carbocycles. The molecule has 0 radical (unpaired) electrons. The van der Waals surface area contributed by atoms with Gasteiger partial charge in [-0.2, -0.15) is 0 Å². The highest BCUT2D eigenvalue weighted by Crippen LogP contribution is 2.33. The third kappa shape index (κ3) is 7.58. The highest BCUT2D eigenvalue weighted by molar-refractivity contribution is 7.13. The number of nitrogens with zero attached hydrogens (tertiary/aromatic N) is 3. The number of Topliss-reactive ketones (excluding diaryl/α,β-unsaturated/α-hetero) is 1. The number of hydrogen-bond donors (Lipinski definition) is 2. The summed E-state index contributed by atoms with van der Waals surface area (Å²) in [5, 5.41) is 7.78. The molecule has 1 saturated heterocycles. The largest absolute Gasteiger partial charge is 0.444 e. The van der Waals surface area contributed by atoms with Crippen LogP contribution in [0.2, 0.25) is 0 Å². The fraction of sp³-hybridized carbons (Fsp3) is 0.419. The summed E-state index contributed by atoms with van der Waals surface area (Å²) in [5.41, 5.74) is 1.53. The van der Waals surface area contributed by atoms with Gasteiger partial charge >= 0.3 is 6.09 Å². The molecule has 0 spiro atoms. The van der Waals surface area contributed by atoms with Crippen LogP contribution in [0.15, 0.2) is 60.2 Å². The first-order chi connectivity index (χ1) is 20.1. The number of rotatable bonds is 11. The number of ketones is 1. The van der Waals surface area contributed by atoms with Crippen LogP contribution in [0.5, 0.6) is 0 Å². The molecule has 0 unspecified atom stereocenters. The Morgan fingerprint density at radius 3 is 2.50 bits per heavy atom. The van der Waals surface area contributed by atoms with Crippen LogP contribution < -0.4 is 10.6 Å². The van der Waals surface area contributed by atoms with E-state index in [9.17, 15) is 19.2 Å². The van der Waals surface area contributed by atoms with E-state index in [0.717, 1.165) is 22.6 Å². The highest BCUT2D eigenvalue weighted by Gasteiger charge is 2.44. The standard InChI is InChI=1S/C31H37N5O5S/c1-5-6-12-23(26(37)27(38)33-20(2)21-10-8-7-9-11-21)35-30(40)41-25-17-36(19-31(25,3)4)29(39)24-18-42-28(34-24)22-13-15-32-16-14-22/h7-11,13-16,18,20,23,25H,5-6,12,17,19H2,1-4H3,(H,33,38)(H,35,40)/t20-,23+,25+/m1/s1. The molecule has 3 amide bonds. The van der Waals surface area contributed by atoms with E-state index in [2.05, 4.69) is 20.6 Å². The quantitative estimate of drug-likeness (QED) is 0.307. The molecule has 0 bridgehead atoms. The fourth-order valence-electron chi connectivity index (χ4n) is 4.85. The number of carbonyl (C=O) groups excluding carboxylic acids is 4. The van der Waals surface area contributed by atoms with Crippen molar-refractivity contribution in [2.24, 2.45) is 5.41 Å². The molecule has 2 N–H and O–H groups in total. The minimum absolute atomic E-state index is 0.185. The Morgan fingerprint density at radius 2 is 1.81 bits per heavy atom. The Hall–Kier alpha value is -4.12.